The second kappa shape index (κ2) is 4.32. The summed E-state index contributed by atoms with van der Waals surface area (Å²) in [6.07, 6.45) is 9.40. The summed E-state index contributed by atoms with van der Waals surface area (Å²) in [7, 11) is 1.86. The van der Waals surface area contributed by atoms with Gasteiger partial charge < -0.3 is 4.99 Å². The fraction of sp³-hybridized carbons (Fsp3) is 0.700. The fourth-order valence-corrected chi connectivity index (χ4v) is 1.74. The van der Waals surface area contributed by atoms with Crippen LogP contribution in [0.2, 0.25) is 0 Å². The van der Waals surface area contributed by atoms with E-state index in [-0.39, 0.29) is 0 Å². The van der Waals surface area contributed by atoms with Crippen LogP contribution in [0.15, 0.2) is 17.6 Å². The summed E-state index contributed by atoms with van der Waals surface area (Å²) in [5.41, 5.74) is 0. The molecule has 0 atom stereocenters. The molecule has 1 nitrogen and oxygen atoms in total. The molecule has 0 spiro atoms. The average Bonchev–Trinajstić information content (AvgIpc) is 2.07. The Balaban J connectivity index is 2.29. The highest BCUT2D eigenvalue weighted by atomic mass is 14.6. The SMILES string of the molecule is C=CC1CCC(C=NC)CC1. The number of hydrogen-bond donors (Lipinski definition) is 0. The molecule has 1 fully saturated rings. The molecular formula is C10H17N. The van der Waals surface area contributed by atoms with Crippen molar-refractivity contribution in [3.8, 4) is 0 Å². The highest BCUT2D eigenvalue weighted by molar-refractivity contribution is 5.60. The third kappa shape index (κ3) is 2.49. The Morgan fingerprint density at radius 1 is 1.18 bits per heavy atom. The normalized spacial score (nSPS) is 32.5. The monoisotopic (exact) mass is 151 g/mol. The van der Waals surface area contributed by atoms with E-state index >= 15 is 0 Å². The Hall–Kier alpha value is -0.590. The van der Waals surface area contributed by atoms with Crippen molar-refractivity contribution in [3.63, 3.8) is 0 Å². The molecule has 0 saturated heterocycles. The predicted octanol–water partition coefficient (Wildman–Crippen LogP) is 2.68. The second-order valence-electron chi connectivity index (χ2n) is 3.32. The first-order valence-corrected chi connectivity index (χ1v) is 4.41. The molecule has 62 valence electrons. The number of nitrogens with zero attached hydrogens (tertiary/aromatic N) is 1. The number of hydrogen-bond acceptors (Lipinski definition) is 1. The molecule has 0 amide bonds. The van der Waals surface area contributed by atoms with Crippen LogP contribution in [0.5, 0.6) is 0 Å². The van der Waals surface area contributed by atoms with E-state index in [2.05, 4.69) is 23.9 Å². The average molecular weight is 151 g/mol. The molecule has 0 radical (unpaired) electrons. The van der Waals surface area contributed by atoms with Crippen LogP contribution in [0.4, 0.5) is 0 Å². The van der Waals surface area contributed by atoms with Gasteiger partial charge in [-0.25, -0.2) is 0 Å². The lowest BCUT2D eigenvalue weighted by molar-refractivity contribution is 0.376. The van der Waals surface area contributed by atoms with Crippen LogP contribution >= 0.6 is 0 Å². The van der Waals surface area contributed by atoms with Gasteiger partial charge >= 0.3 is 0 Å². The zero-order valence-corrected chi connectivity index (χ0v) is 7.29. The van der Waals surface area contributed by atoms with Crippen molar-refractivity contribution in [2.75, 3.05) is 7.05 Å². The van der Waals surface area contributed by atoms with E-state index in [1.807, 2.05) is 7.05 Å². The molecule has 0 aromatic rings. The maximum absolute atomic E-state index is 4.06. The first kappa shape index (κ1) is 8.51. The van der Waals surface area contributed by atoms with E-state index in [0.717, 1.165) is 11.8 Å². The van der Waals surface area contributed by atoms with Crippen molar-refractivity contribution in [2.24, 2.45) is 16.8 Å². The van der Waals surface area contributed by atoms with E-state index in [0.29, 0.717) is 0 Å². The molecular weight excluding hydrogens is 134 g/mol. The number of aliphatic imine (C=N–C) groups is 1. The molecule has 0 unspecified atom stereocenters. The van der Waals surface area contributed by atoms with Gasteiger partial charge in [0.1, 0.15) is 0 Å². The minimum Gasteiger partial charge on any atom is -0.301 e. The highest BCUT2D eigenvalue weighted by Crippen LogP contribution is 2.27. The molecule has 0 aromatic carbocycles. The lowest BCUT2D eigenvalue weighted by Gasteiger charge is -2.23. The topological polar surface area (TPSA) is 12.4 Å². The van der Waals surface area contributed by atoms with Crippen LogP contribution in [0.3, 0.4) is 0 Å². The third-order valence-electron chi connectivity index (χ3n) is 2.51. The molecule has 1 aliphatic carbocycles. The van der Waals surface area contributed by atoms with Gasteiger partial charge in [0.2, 0.25) is 0 Å². The van der Waals surface area contributed by atoms with Crippen LogP contribution in [-0.4, -0.2) is 13.3 Å². The van der Waals surface area contributed by atoms with Crippen molar-refractivity contribution in [2.45, 2.75) is 25.7 Å². The molecule has 0 aliphatic heterocycles. The molecule has 1 aliphatic rings. The lowest BCUT2D eigenvalue weighted by Crippen LogP contribution is -2.13. The quantitative estimate of drug-likeness (QED) is 0.425. The third-order valence-corrected chi connectivity index (χ3v) is 2.51. The van der Waals surface area contributed by atoms with Crippen LogP contribution in [0.25, 0.3) is 0 Å². The van der Waals surface area contributed by atoms with Crippen LogP contribution in [-0.2, 0) is 0 Å². The van der Waals surface area contributed by atoms with Gasteiger partial charge in [0.15, 0.2) is 0 Å². The fourth-order valence-electron chi connectivity index (χ4n) is 1.74. The van der Waals surface area contributed by atoms with Crippen LogP contribution < -0.4 is 0 Å². The van der Waals surface area contributed by atoms with E-state index in [9.17, 15) is 0 Å². The predicted molar refractivity (Wildman–Crippen MR) is 50.1 cm³/mol. The second-order valence-corrected chi connectivity index (χ2v) is 3.32. The van der Waals surface area contributed by atoms with E-state index in [4.69, 9.17) is 0 Å². The standard InChI is InChI=1S/C10H17N/c1-3-9-4-6-10(7-5-9)8-11-2/h3,8-10H,1,4-7H2,2H3. The van der Waals surface area contributed by atoms with Crippen LogP contribution in [0, 0.1) is 11.8 Å². The van der Waals surface area contributed by atoms with Gasteiger partial charge in [0.05, 0.1) is 0 Å². The van der Waals surface area contributed by atoms with E-state index in [1.165, 1.54) is 25.7 Å². The Bertz CT molecular complexity index is 141. The van der Waals surface area contributed by atoms with Gasteiger partial charge in [-0.1, -0.05) is 6.08 Å². The molecule has 0 bridgehead atoms. The highest BCUT2D eigenvalue weighted by Gasteiger charge is 2.16. The van der Waals surface area contributed by atoms with E-state index < -0.39 is 0 Å². The summed E-state index contributed by atoms with van der Waals surface area (Å²) in [6.45, 7) is 3.82. The van der Waals surface area contributed by atoms with Crippen molar-refractivity contribution in [1.29, 1.82) is 0 Å². The Morgan fingerprint density at radius 3 is 2.18 bits per heavy atom. The van der Waals surface area contributed by atoms with E-state index in [1.54, 1.807) is 0 Å². The molecule has 1 heteroatoms. The molecule has 1 saturated carbocycles. The summed E-state index contributed by atoms with van der Waals surface area (Å²) in [6, 6.07) is 0. The molecule has 1 rings (SSSR count). The minimum atomic E-state index is 0.746. The molecule has 0 heterocycles. The van der Waals surface area contributed by atoms with Crippen LogP contribution in [0.1, 0.15) is 25.7 Å². The smallest absolute Gasteiger partial charge is 0.0273 e. The largest absolute Gasteiger partial charge is 0.301 e. The van der Waals surface area contributed by atoms with Crippen molar-refractivity contribution in [1.82, 2.24) is 0 Å². The minimum absolute atomic E-state index is 0.746. The number of allylic oxidation sites excluding steroid dienone is 1. The van der Waals surface area contributed by atoms with Gasteiger partial charge in [0.25, 0.3) is 0 Å². The summed E-state index contributed by atoms with van der Waals surface area (Å²) in [5, 5.41) is 0. The maximum atomic E-state index is 4.06. The summed E-state index contributed by atoms with van der Waals surface area (Å²) in [5.74, 6) is 1.52. The number of rotatable bonds is 2. The molecule has 0 N–H and O–H groups in total. The van der Waals surface area contributed by atoms with Gasteiger partial charge in [0, 0.05) is 13.3 Å². The van der Waals surface area contributed by atoms with Gasteiger partial charge in [-0.2, -0.15) is 0 Å². The Morgan fingerprint density at radius 2 is 1.73 bits per heavy atom. The molecule has 11 heavy (non-hydrogen) atoms. The molecule has 0 aromatic heterocycles. The first-order chi connectivity index (χ1) is 5.36. The zero-order valence-electron chi connectivity index (χ0n) is 7.29. The summed E-state index contributed by atoms with van der Waals surface area (Å²) >= 11 is 0. The van der Waals surface area contributed by atoms with Crippen molar-refractivity contribution < 1.29 is 0 Å². The van der Waals surface area contributed by atoms with Crippen molar-refractivity contribution in [3.05, 3.63) is 12.7 Å². The van der Waals surface area contributed by atoms with Gasteiger partial charge in [-0.05, 0) is 37.5 Å². The van der Waals surface area contributed by atoms with Crippen molar-refractivity contribution >= 4 is 6.21 Å². The lowest BCUT2D eigenvalue weighted by atomic mass is 9.83. The summed E-state index contributed by atoms with van der Waals surface area (Å²) < 4.78 is 0. The zero-order chi connectivity index (χ0) is 8.10. The Labute approximate surface area is 69.2 Å². The van der Waals surface area contributed by atoms with Gasteiger partial charge in [-0.15, -0.1) is 6.58 Å². The first-order valence-electron chi connectivity index (χ1n) is 4.41. The Kier molecular flexibility index (Phi) is 3.34. The maximum Gasteiger partial charge on any atom is 0.0273 e. The van der Waals surface area contributed by atoms with Gasteiger partial charge in [-0.3, -0.25) is 0 Å². The summed E-state index contributed by atoms with van der Waals surface area (Å²) in [4.78, 5) is 4.06.